The van der Waals surface area contributed by atoms with E-state index in [2.05, 4.69) is 4.98 Å². The molecule has 1 heterocycles. The molecule has 0 aromatic carbocycles. The van der Waals surface area contributed by atoms with Crippen molar-refractivity contribution in [2.45, 2.75) is 6.92 Å². The van der Waals surface area contributed by atoms with Crippen LogP contribution in [0, 0.1) is 11.3 Å². The summed E-state index contributed by atoms with van der Waals surface area (Å²) in [5, 5.41) is 8.70. The molecule has 0 amide bonds. The topological polar surface area (TPSA) is 72.2 Å². The van der Waals surface area contributed by atoms with Gasteiger partial charge in [-0.2, -0.15) is 5.26 Å². The lowest BCUT2D eigenvalue weighted by atomic mass is 10.2. The van der Waals surface area contributed by atoms with Gasteiger partial charge < -0.3 is 9.47 Å². The molecule has 5 heteroatoms. The van der Waals surface area contributed by atoms with Crippen molar-refractivity contribution in [3.05, 3.63) is 23.5 Å². The van der Waals surface area contributed by atoms with Gasteiger partial charge in [0.15, 0.2) is 5.69 Å². The van der Waals surface area contributed by atoms with Crippen molar-refractivity contribution in [3.63, 3.8) is 0 Å². The first kappa shape index (κ1) is 11.0. The van der Waals surface area contributed by atoms with Crippen LogP contribution in [0.15, 0.2) is 12.3 Å². The molecule has 0 unspecified atom stereocenters. The molecule has 5 nitrogen and oxygen atoms in total. The molecule has 0 atom stereocenters. The van der Waals surface area contributed by atoms with Crippen LogP contribution in [-0.4, -0.2) is 24.7 Å². The van der Waals surface area contributed by atoms with Gasteiger partial charge in [-0.15, -0.1) is 0 Å². The normalized spacial score (nSPS) is 9.13. The minimum Gasteiger partial charge on any atom is -0.495 e. The first-order valence-electron chi connectivity index (χ1n) is 4.34. The first-order chi connectivity index (χ1) is 7.22. The quantitative estimate of drug-likeness (QED) is 0.693. The Hall–Kier alpha value is -2.09. The number of rotatable bonds is 3. The Morgan fingerprint density at radius 2 is 2.40 bits per heavy atom. The minimum atomic E-state index is -0.528. The van der Waals surface area contributed by atoms with Crippen molar-refractivity contribution >= 4 is 5.97 Å². The van der Waals surface area contributed by atoms with E-state index in [0.29, 0.717) is 5.75 Å². The van der Waals surface area contributed by atoms with Crippen LogP contribution in [0.2, 0.25) is 0 Å². The van der Waals surface area contributed by atoms with E-state index in [1.54, 1.807) is 6.92 Å². The lowest BCUT2D eigenvalue weighted by molar-refractivity contribution is 0.0519. The number of pyridine rings is 1. The molecule has 0 saturated carbocycles. The highest BCUT2D eigenvalue weighted by Crippen LogP contribution is 2.17. The Morgan fingerprint density at radius 3 is 2.93 bits per heavy atom. The zero-order valence-corrected chi connectivity index (χ0v) is 8.48. The third-order valence-corrected chi connectivity index (χ3v) is 1.69. The lowest BCUT2D eigenvalue weighted by Crippen LogP contribution is -2.07. The fourth-order valence-corrected chi connectivity index (χ4v) is 1.01. The summed E-state index contributed by atoms with van der Waals surface area (Å²) in [4.78, 5) is 15.1. The molecule has 1 rings (SSSR count). The van der Waals surface area contributed by atoms with Gasteiger partial charge in [-0.25, -0.2) is 9.78 Å². The van der Waals surface area contributed by atoms with E-state index in [9.17, 15) is 4.79 Å². The molecule has 15 heavy (non-hydrogen) atoms. The van der Waals surface area contributed by atoms with E-state index < -0.39 is 5.97 Å². The molecule has 0 saturated heterocycles. The Balaban J connectivity index is 3.04. The van der Waals surface area contributed by atoms with Gasteiger partial charge in [0, 0.05) is 12.3 Å². The fraction of sp³-hybridized carbons (Fsp3) is 0.300. The van der Waals surface area contributed by atoms with Crippen molar-refractivity contribution in [1.82, 2.24) is 4.98 Å². The highest BCUT2D eigenvalue weighted by Gasteiger charge is 2.12. The van der Waals surface area contributed by atoms with Crippen molar-refractivity contribution in [1.29, 1.82) is 5.26 Å². The summed E-state index contributed by atoms with van der Waals surface area (Å²) in [6.07, 6.45) is 1.28. The second kappa shape index (κ2) is 4.96. The molecule has 0 fully saturated rings. The molecular formula is C10H10N2O3. The molecule has 0 aliphatic carbocycles. The average molecular weight is 206 g/mol. The van der Waals surface area contributed by atoms with Crippen LogP contribution < -0.4 is 4.74 Å². The predicted molar refractivity (Wildman–Crippen MR) is 51.5 cm³/mol. The molecule has 0 aliphatic heterocycles. The number of nitriles is 1. The minimum absolute atomic E-state index is 0.132. The number of carbonyl (C=O) groups is 1. The monoisotopic (exact) mass is 206 g/mol. The van der Waals surface area contributed by atoms with Gasteiger partial charge in [-0.1, -0.05) is 0 Å². The highest BCUT2D eigenvalue weighted by molar-refractivity contribution is 5.87. The maximum Gasteiger partial charge on any atom is 0.357 e. The van der Waals surface area contributed by atoms with Gasteiger partial charge in [-0.05, 0) is 6.92 Å². The smallest absolute Gasteiger partial charge is 0.357 e. The van der Waals surface area contributed by atoms with Crippen LogP contribution in [-0.2, 0) is 4.74 Å². The van der Waals surface area contributed by atoms with Crippen molar-refractivity contribution in [2.75, 3.05) is 13.7 Å². The molecular weight excluding hydrogens is 196 g/mol. The summed E-state index contributed by atoms with van der Waals surface area (Å²) in [7, 11) is 1.42. The van der Waals surface area contributed by atoms with E-state index in [0.717, 1.165) is 0 Å². The number of hydrogen-bond donors (Lipinski definition) is 0. The standard InChI is InChI=1S/C10H10N2O3/c1-3-15-10(13)8-4-9(14-2)7(5-11)6-12-8/h4,6H,3H2,1-2H3. The highest BCUT2D eigenvalue weighted by atomic mass is 16.5. The summed E-state index contributed by atoms with van der Waals surface area (Å²) in [5.41, 5.74) is 0.415. The number of carbonyl (C=O) groups excluding carboxylic acids is 1. The van der Waals surface area contributed by atoms with Gasteiger partial charge in [0.2, 0.25) is 0 Å². The predicted octanol–water partition coefficient (Wildman–Crippen LogP) is 1.14. The van der Waals surface area contributed by atoms with Crippen molar-refractivity contribution < 1.29 is 14.3 Å². The van der Waals surface area contributed by atoms with E-state index in [4.69, 9.17) is 14.7 Å². The second-order valence-electron chi connectivity index (χ2n) is 2.60. The molecule has 78 valence electrons. The van der Waals surface area contributed by atoms with Crippen molar-refractivity contribution in [2.24, 2.45) is 0 Å². The Morgan fingerprint density at radius 1 is 1.67 bits per heavy atom. The Bertz CT molecular complexity index is 410. The summed E-state index contributed by atoms with van der Waals surface area (Å²) in [6, 6.07) is 3.29. The van der Waals surface area contributed by atoms with Gasteiger partial charge in [0.1, 0.15) is 17.4 Å². The van der Waals surface area contributed by atoms with Gasteiger partial charge in [0.05, 0.1) is 13.7 Å². The largest absolute Gasteiger partial charge is 0.495 e. The molecule has 0 aliphatic rings. The van der Waals surface area contributed by atoms with Gasteiger partial charge in [0.25, 0.3) is 0 Å². The second-order valence-corrected chi connectivity index (χ2v) is 2.60. The molecule has 1 aromatic heterocycles. The number of aromatic nitrogens is 1. The molecule has 1 aromatic rings. The fourth-order valence-electron chi connectivity index (χ4n) is 1.01. The summed E-state index contributed by atoms with van der Waals surface area (Å²) < 4.78 is 9.70. The van der Waals surface area contributed by atoms with Crippen LogP contribution in [0.1, 0.15) is 23.0 Å². The molecule has 0 bridgehead atoms. The molecule has 0 N–H and O–H groups in total. The third-order valence-electron chi connectivity index (χ3n) is 1.69. The maximum atomic E-state index is 11.3. The average Bonchev–Trinajstić information content (AvgIpc) is 2.28. The number of nitrogens with zero attached hydrogens (tertiary/aromatic N) is 2. The zero-order chi connectivity index (χ0) is 11.3. The van der Waals surface area contributed by atoms with Crippen LogP contribution >= 0.6 is 0 Å². The third kappa shape index (κ3) is 2.44. The number of ether oxygens (including phenoxy) is 2. The molecule has 0 radical (unpaired) electrons. The van der Waals surface area contributed by atoms with Crippen LogP contribution in [0.3, 0.4) is 0 Å². The van der Waals surface area contributed by atoms with Crippen molar-refractivity contribution in [3.8, 4) is 11.8 Å². The Kier molecular flexibility index (Phi) is 3.63. The zero-order valence-electron chi connectivity index (χ0n) is 8.48. The van der Waals surface area contributed by atoms with Gasteiger partial charge in [-0.3, -0.25) is 0 Å². The van der Waals surface area contributed by atoms with E-state index in [1.165, 1.54) is 19.4 Å². The van der Waals surface area contributed by atoms with Crippen LogP contribution in [0.25, 0.3) is 0 Å². The SMILES string of the molecule is CCOC(=O)c1cc(OC)c(C#N)cn1. The Labute approximate surface area is 87.3 Å². The summed E-state index contributed by atoms with van der Waals surface area (Å²) >= 11 is 0. The van der Waals surface area contributed by atoms with E-state index in [1.807, 2.05) is 6.07 Å². The maximum absolute atomic E-state index is 11.3. The van der Waals surface area contributed by atoms with E-state index >= 15 is 0 Å². The van der Waals surface area contributed by atoms with Crippen LogP contribution in [0.4, 0.5) is 0 Å². The summed E-state index contributed by atoms with van der Waals surface area (Å²) in [6.45, 7) is 1.99. The van der Waals surface area contributed by atoms with E-state index in [-0.39, 0.29) is 17.9 Å². The van der Waals surface area contributed by atoms with Gasteiger partial charge >= 0.3 is 5.97 Å². The number of esters is 1. The van der Waals surface area contributed by atoms with Crippen LogP contribution in [0.5, 0.6) is 5.75 Å². The lowest BCUT2D eigenvalue weighted by Gasteiger charge is -2.04. The summed E-state index contributed by atoms with van der Waals surface area (Å²) in [5.74, 6) is -0.212. The molecule has 0 spiro atoms. The number of hydrogen-bond acceptors (Lipinski definition) is 5. The first-order valence-corrected chi connectivity index (χ1v) is 4.34. The number of methoxy groups -OCH3 is 1.